The summed E-state index contributed by atoms with van der Waals surface area (Å²) < 4.78 is 12.7. The minimum atomic E-state index is -0.131. The third-order valence-electron chi connectivity index (χ3n) is 6.16. The van der Waals surface area contributed by atoms with Crippen LogP contribution >= 0.6 is 0 Å². The van der Waals surface area contributed by atoms with Crippen LogP contribution < -0.4 is 0 Å². The number of hydrogen-bond donors (Lipinski definition) is 1. The predicted octanol–water partition coefficient (Wildman–Crippen LogP) is 5.19. The van der Waals surface area contributed by atoms with Crippen molar-refractivity contribution >= 4 is 0 Å². The molecule has 0 bridgehead atoms. The van der Waals surface area contributed by atoms with Gasteiger partial charge in [0.15, 0.2) is 0 Å². The molecule has 170 valence electrons. The lowest BCUT2D eigenvalue weighted by Gasteiger charge is -2.27. The highest BCUT2D eigenvalue weighted by molar-refractivity contribution is 5.16. The summed E-state index contributed by atoms with van der Waals surface area (Å²) in [5.74, 6) is 0. The highest BCUT2D eigenvalue weighted by Gasteiger charge is 2.42. The Morgan fingerprint density at radius 2 is 1.48 bits per heavy atom. The molecular weight excluding hydrogens is 386 g/mol. The summed E-state index contributed by atoms with van der Waals surface area (Å²) >= 11 is 0. The van der Waals surface area contributed by atoms with Gasteiger partial charge in [0.25, 0.3) is 0 Å². The number of ether oxygens (including phenoxy) is 2. The highest BCUT2D eigenvalue weighted by atomic mass is 16.5. The molecule has 1 aliphatic heterocycles. The lowest BCUT2D eigenvalue weighted by Crippen LogP contribution is -2.40. The van der Waals surface area contributed by atoms with E-state index in [1.807, 2.05) is 24.3 Å². The molecule has 0 radical (unpaired) electrons. The largest absolute Gasteiger partial charge is 0.395 e. The Morgan fingerprint density at radius 3 is 2.16 bits per heavy atom. The number of unbranched alkanes of at least 4 members (excludes halogenated alkanes) is 5. The second kappa shape index (κ2) is 13.6. The maximum Gasteiger partial charge on any atom is 0.103 e. The fourth-order valence-corrected chi connectivity index (χ4v) is 4.39. The van der Waals surface area contributed by atoms with E-state index in [4.69, 9.17) is 9.47 Å². The second-order valence-corrected chi connectivity index (χ2v) is 8.60. The normalized spacial score (nSPS) is 21.5. The molecule has 4 nitrogen and oxygen atoms in total. The molecule has 1 fully saturated rings. The van der Waals surface area contributed by atoms with E-state index in [1.165, 1.54) is 37.7 Å². The van der Waals surface area contributed by atoms with Crippen LogP contribution in [-0.2, 0) is 22.6 Å². The molecule has 2 aromatic rings. The lowest BCUT2D eigenvalue weighted by atomic mass is 10.1. The molecule has 3 rings (SSSR count). The standard InChI is InChI=1S/C27H39NO3/c1-2-3-4-5-6-13-18-30-26-20-28(19-23-14-9-7-10-15-23)25(21-29)27(26)31-22-24-16-11-8-12-17-24/h7-12,14-17,25-27,29H,2-6,13,18-22H2,1H3/t25-,26-,27-/m0/s1. The molecule has 1 saturated heterocycles. The maximum atomic E-state index is 10.2. The zero-order valence-electron chi connectivity index (χ0n) is 19.0. The van der Waals surface area contributed by atoms with Gasteiger partial charge in [-0.05, 0) is 17.5 Å². The molecule has 0 spiro atoms. The minimum absolute atomic E-state index is 0.0137. The van der Waals surface area contributed by atoms with Gasteiger partial charge in [0.2, 0.25) is 0 Å². The third kappa shape index (κ3) is 7.73. The summed E-state index contributed by atoms with van der Waals surface area (Å²) in [6, 6.07) is 20.6. The second-order valence-electron chi connectivity index (χ2n) is 8.60. The highest BCUT2D eigenvalue weighted by Crippen LogP contribution is 2.27. The number of nitrogens with zero attached hydrogens (tertiary/aromatic N) is 1. The van der Waals surface area contributed by atoms with Gasteiger partial charge in [0.1, 0.15) is 6.10 Å². The van der Waals surface area contributed by atoms with Gasteiger partial charge < -0.3 is 14.6 Å². The van der Waals surface area contributed by atoms with Crippen molar-refractivity contribution in [2.24, 2.45) is 0 Å². The first-order chi connectivity index (χ1) is 15.3. The van der Waals surface area contributed by atoms with Crippen molar-refractivity contribution in [2.45, 2.75) is 76.9 Å². The fourth-order valence-electron chi connectivity index (χ4n) is 4.39. The fraction of sp³-hybridized carbons (Fsp3) is 0.556. The molecule has 0 saturated carbocycles. The van der Waals surface area contributed by atoms with Gasteiger partial charge in [-0.2, -0.15) is 0 Å². The van der Waals surface area contributed by atoms with E-state index in [1.54, 1.807) is 0 Å². The molecule has 2 aromatic carbocycles. The third-order valence-corrected chi connectivity index (χ3v) is 6.16. The number of rotatable bonds is 14. The zero-order valence-corrected chi connectivity index (χ0v) is 19.0. The van der Waals surface area contributed by atoms with E-state index < -0.39 is 0 Å². The first-order valence-electron chi connectivity index (χ1n) is 12.0. The molecule has 0 amide bonds. The molecule has 1 N–H and O–H groups in total. The van der Waals surface area contributed by atoms with E-state index in [-0.39, 0.29) is 24.9 Å². The lowest BCUT2D eigenvalue weighted by molar-refractivity contribution is -0.0721. The van der Waals surface area contributed by atoms with Gasteiger partial charge in [-0.1, -0.05) is 99.7 Å². The SMILES string of the molecule is CCCCCCCCO[C@H]1CN(Cc2ccccc2)[C@@H](CO)[C@@H]1OCc1ccccc1. The summed E-state index contributed by atoms with van der Waals surface area (Å²) in [6.45, 7) is 5.21. The van der Waals surface area contributed by atoms with Crippen LogP contribution in [0.3, 0.4) is 0 Å². The van der Waals surface area contributed by atoms with Gasteiger partial charge in [-0.15, -0.1) is 0 Å². The summed E-state index contributed by atoms with van der Waals surface area (Å²) in [4.78, 5) is 2.32. The van der Waals surface area contributed by atoms with Crippen LogP contribution in [0, 0.1) is 0 Å². The van der Waals surface area contributed by atoms with Gasteiger partial charge >= 0.3 is 0 Å². The number of likely N-dealkylation sites (tertiary alicyclic amines) is 1. The summed E-state index contributed by atoms with van der Waals surface area (Å²) in [5.41, 5.74) is 2.40. The van der Waals surface area contributed by atoms with E-state index in [9.17, 15) is 5.11 Å². The van der Waals surface area contributed by atoms with Crippen molar-refractivity contribution < 1.29 is 14.6 Å². The predicted molar refractivity (Wildman–Crippen MR) is 126 cm³/mol. The van der Waals surface area contributed by atoms with Crippen LogP contribution in [0.4, 0.5) is 0 Å². The number of aliphatic hydroxyl groups is 1. The maximum absolute atomic E-state index is 10.2. The van der Waals surface area contributed by atoms with Crippen LogP contribution in [0.15, 0.2) is 60.7 Å². The molecule has 4 heteroatoms. The molecule has 0 unspecified atom stereocenters. The molecule has 1 heterocycles. The Bertz CT molecular complexity index is 709. The molecular formula is C27H39NO3. The van der Waals surface area contributed by atoms with Gasteiger partial charge in [-0.3, -0.25) is 4.90 Å². The topological polar surface area (TPSA) is 41.9 Å². The molecule has 0 aliphatic carbocycles. The number of hydrogen-bond acceptors (Lipinski definition) is 4. The van der Waals surface area contributed by atoms with Crippen LogP contribution in [0.5, 0.6) is 0 Å². The average Bonchev–Trinajstić information content (AvgIpc) is 3.14. The van der Waals surface area contributed by atoms with Crippen LogP contribution in [0.25, 0.3) is 0 Å². The van der Waals surface area contributed by atoms with Crippen LogP contribution in [0.2, 0.25) is 0 Å². The monoisotopic (exact) mass is 425 g/mol. The van der Waals surface area contributed by atoms with E-state index in [0.29, 0.717) is 6.61 Å². The molecule has 0 aromatic heterocycles. The quantitative estimate of drug-likeness (QED) is 0.423. The van der Waals surface area contributed by atoms with Crippen molar-refractivity contribution in [3.8, 4) is 0 Å². The van der Waals surface area contributed by atoms with Crippen molar-refractivity contribution in [3.05, 3.63) is 71.8 Å². The minimum Gasteiger partial charge on any atom is -0.395 e. The Labute approximate surface area is 188 Å². The smallest absolute Gasteiger partial charge is 0.103 e. The Hall–Kier alpha value is -1.72. The first-order valence-corrected chi connectivity index (χ1v) is 12.0. The van der Waals surface area contributed by atoms with E-state index in [2.05, 4.69) is 48.2 Å². The summed E-state index contributed by atoms with van der Waals surface area (Å²) in [7, 11) is 0. The average molecular weight is 426 g/mol. The van der Waals surface area contributed by atoms with Crippen molar-refractivity contribution in [3.63, 3.8) is 0 Å². The molecule has 31 heavy (non-hydrogen) atoms. The Morgan fingerprint density at radius 1 is 0.839 bits per heavy atom. The van der Waals surface area contributed by atoms with Crippen molar-refractivity contribution in [2.75, 3.05) is 19.8 Å². The van der Waals surface area contributed by atoms with Gasteiger partial charge in [0.05, 0.1) is 25.4 Å². The Kier molecular flexibility index (Phi) is 10.5. The number of benzene rings is 2. The van der Waals surface area contributed by atoms with Crippen molar-refractivity contribution in [1.29, 1.82) is 0 Å². The van der Waals surface area contributed by atoms with Crippen LogP contribution in [-0.4, -0.2) is 48.0 Å². The van der Waals surface area contributed by atoms with Crippen LogP contribution in [0.1, 0.15) is 56.6 Å². The molecule has 3 atom stereocenters. The zero-order chi connectivity index (χ0) is 21.7. The van der Waals surface area contributed by atoms with Crippen molar-refractivity contribution in [1.82, 2.24) is 4.90 Å². The van der Waals surface area contributed by atoms with E-state index >= 15 is 0 Å². The molecule has 1 aliphatic rings. The number of aliphatic hydroxyl groups excluding tert-OH is 1. The summed E-state index contributed by atoms with van der Waals surface area (Å²) in [6.07, 6.45) is 7.38. The van der Waals surface area contributed by atoms with Gasteiger partial charge in [-0.25, -0.2) is 0 Å². The first kappa shape index (κ1) is 23.9. The Balaban J connectivity index is 1.58. The van der Waals surface area contributed by atoms with Gasteiger partial charge in [0, 0.05) is 19.7 Å². The van der Waals surface area contributed by atoms with E-state index in [0.717, 1.165) is 31.7 Å². The summed E-state index contributed by atoms with van der Waals surface area (Å²) in [5, 5.41) is 10.2.